The fourth-order valence-electron chi connectivity index (χ4n) is 2.56. The number of benzene rings is 1. The maximum Gasteiger partial charge on any atom is 0.254 e. The molecule has 1 unspecified atom stereocenters. The Bertz CT molecular complexity index is 519. The molecule has 6 heteroatoms. The number of rotatable bonds is 3. The van der Waals surface area contributed by atoms with E-state index in [9.17, 15) is 9.59 Å². The van der Waals surface area contributed by atoms with Crippen LogP contribution in [0.4, 0.5) is 0 Å². The van der Waals surface area contributed by atoms with Gasteiger partial charge in [-0.1, -0.05) is 6.07 Å². The molecule has 2 amide bonds. The van der Waals surface area contributed by atoms with Crippen molar-refractivity contribution < 1.29 is 9.59 Å². The van der Waals surface area contributed by atoms with Gasteiger partial charge >= 0.3 is 0 Å². The number of carbonyl (C=O) groups is 2. The van der Waals surface area contributed by atoms with Gasteiger partial charge in [-0.05, 0) is 31.0 Å². The lowest BCUT2D eigenvalue weighted by Crippen LogP contribution is -2.40. The Morgan fingerprint density at radius 2 is 2.00 bits per heavy atom. The molecule has 2 N–H and O–H groups in total. The number of halogens is 1. The predicted octanol–water partition coefficient (Wildman–Crippen LogP) is 1.37. The van der Waals surface area contributed by atoms with E-state index in [2.05, 4.69) is 0 Å². The van der Waals surface area contributed by atoms with Gasteiger partial charge in [0, 0.05) is 44.4 Å². The van der Waals surface area contributed by atoms with E-state index < -0.39 is 0 Å². The van der Waals surface area contributed by atoms with Crippen LogP contribution in [-0.4, -0.2) is 54.8 Å². The molecule has 1 aliphatic rings. The normalized spacial score (nSPS) is 17.3. The van der Waals surface area contributed by atoms with Crippen LogP contribution in [0.25, 0.3) is 0 Å². The molecule has 5 nitrogen and oxygen atoms in total. The van der Waals surface area contributed by atoms with Gasteiger partial charge in [0.15, 0.2) is 0 Å². The topological polar surface area (TPSA) is 66.6 Å². The summed E-state index contributed by atoms with van der Waals surface area (Å²) in [5, 5.41) is 0. The molecule has 1 heterocycles. The first-order valence-electron chi connectivity index (χ1n) is 6.87. The molecule has 0 aliphatic carbocycles. The molecular formula is C15H22ClN3O2. The van der Waals surface area contributed by atoms with E-state index in [0.717, 1.165) is 19.4 Å². The average Bonchev–Trinajstić information content (AvgIpc) is 2.94. The van der Waals surface area contributed by atoms with Crippen LogP contribution in [0.3, 0.4) is 0 Å². The Hall–Kier alpha value is -1.59. The molecule has 2 rings (SSSR count). The number of carbonyl (C=O) groups excluding carboxylic acids is 2. The number of hydrogen-bond donors (Lipinski definition) is 1. The third-order valence-electron chi connectivity index (χ3n) is 3.67. The first-order valence-corrected chi connectivity index (χ1v) is 6.87. The molecule has 1 saturated heterocycles. The lowest BCUT2D eigenvalue weighted by Gasteiger charge is -2.23. The van der Waals surface area contributed by atoms with Gasteiger partial charge in [-0.15, -0.1) is 12.4 Å². The third kappa shape index (κ3) is 3.74. The van der Waals surface area contributed by atoms with Crippen molar-refractivity contribution in [3.05, 3.63) is 35.4 Å². The molecule has 116 valence electrons. The Kier molecular flexibility index (Phi) is 6.18. The fourth-order valence-corrected chi connectivity index (χ4v) is 2.56. The maximum atomic E-state index is 12.5. The largest absolute Gasteiger partial charge is 0.345 e. The first kappa shape index (κ1) is 17.5. The Labute approximate surface area is 131 Å². The second kappa shape index (κ2) is 7.43. The van der Waals surface area contributed by atoms with Gasteiger partial charge in [-0.3, -0.25) is 9.59 Å². The summed E-state index contributed by atoms with van der Waals surface area (Å²) in [6.07, 6.45) is 1.95. The van der Waals surface area contributed by atoms with Crippen LogP contribution in [0, 0.1) is 0 Å². The van der Waals surface area contributed by atoms with Crippen LogP contribution in [-0.2, 0) is 0 Å². The Balaban J connectivity index is 0.00000220. The van der Waals surface area contributed by atoms with E-state index in [0.29, 0.717) is 17.7 Å². The van der Waals surface area contributed by atoms with Crippen LogP contribution in [0.1, 0.15) is 33.6 Å². The zero-order valence-corrected chi connectivity index (χ0v) is 13.2. The number of amides is 2. The molecule has 1 aromatic carbocycles. The lowest BCUT2D eigenvalue weighted by molar-refractivity contribution is 0.0741. The van der Waals surface area contributed by atoms with Crippen molar-refractivity contribution in [3.8, 4) is 0 Å². The Morgan fingerprint density at radius 1 is 1.33 bits per heavy atom. The molecule has 1 atom stereocenters. The molecule has 1 aliphatic heterocycles. The monoisotopic (exact) mass is 311 g/mol. The minimum atomic E-state index is -0.101. The Morgan fingerprint density at radius 3 is 2.62 bits per heavy atom. The molecule has 0 spiro atoms. The third-order valence-corrected chi connectivity index (χ3v) is 3.67. The molecule has 21 heavy (non-hydrogen) atoms. The van der Waals surface area contributed by atoms with Crippen molar-refractivity contribution in [2.75, 3.05) is 27.2 Å². The van der Waals surface area contributed by atoms with Crippen LogP contribution >= 0.6 is 12.4 Å². The summed E-state index contributed by atoms with van der Waals surface area (Å²) in [7, 11) is 3.39. The van der Waals surface area contributed by atoms with Gasteiger partial charge in [-0.2, -0.15) is 0 Å². The lowest BCUT2D eigenvalue weighted by atomic mass is 10.1. The summed E-state index contributed by atoms with van der Waals surface area (Å²) in [5.41, 5.74) is 6.79. The number of hydrogen-bond acceptors (Lipinski definition) is 3. The number of nitrogens with zero attached hydrogens (tertiary/aromatic N) is 2. The van der Waals surface area contributed by atoms with Crippen molar-refractivity contribution in [2.45, 2.75) is 18.9 Å². The minimum absolute atomic E-state index is 0. The van der Waals surface area contributed by atoms with E-state index in [1.165, 1.54) is 4.90 Å². The fraction of sp³-hybridized carbons (Fsp3) is 0.467. The molecule has 0 radical (unpaired) electrons. The highest BCUT2D eigenvalue weighted by atomic mass is 35.5. The van der Waals surface area contributed by atoms with Gasteiger partial charge < -0.3 is 15.5 Å². The second-order valence-electron chi connectivity index (χ2n) is 5.31. The van der Waals surface area contributed by atoms with Crippen molar-refractivity contribution >= 4 is 24.2 Å². The highest BCUT2D eigenvalue weighted by Gasteiger charge is 2.28. The zero-order valence-electron chi connectivity index (χ0n) is 12.4. The summed E-state index contributed by atoms with van der Waals surface area (Å²) < 4.78 is 0. The van der Waals surface area contributed by atoms with E-state index in [1.54, 1.807) is 38.4 Å². The second-order valence-corrected chi connectivity index (χ2v) is 5.31. The van der Waals surface area contributed by atoms with Crippen molar-refractivity contribution in [1.82, 2.24) is 9.80 Å². The van der Waals surface area contributed by atoms with Crippen LogP contribution in [0.15, 0.2) is 24.3 Å². The van der Waals surface area contributed by atoms with E-state index in [1.807, 2.05) is 4.90 Å². The molecule has 1 aromatic rings. The minimum Gasteiger partial charge on any atom is -0.345 e. The van der Waals surface area contributed by atoms with E-state index >= 15 is 0 Å². The van der Waals surface area contributed by atoms with Crippen molar-refractivity contribution in [1.29, 1.82) is 0 Å². The van der Waals surface area contributed by atoms with Gasteiger partial charge in [0.05, 0.1) is 0 Å². The summed E-state index contributed by atoms with van der Waals surface area (Å²) in [5.74, 6) is -0.136. The molecule has 1 fully saturated rings. The predicted molar refractivity (Wildman–Crippen MR) is 84.8 cm³/mol. The van der Waals surface area contributed by atoms with Crippen LogP contribution in [0.2, 0.25) is 0 Å². The van der Waals surface area contributed by atoms with Gasteiger partial charge in [0.2, 0.25) is 0 Å². The molecule has 0 saturated carbocycles. The van der Waals surface area contributed by atoms with Gasteiger partial charge in [0.1, 0.15) is 0 Å². The van der Waals surface area contributed by atoms with E-state index in [-0.39, 0.29) is 30.3 Å². The highest BCUT2D eigenvalue weighted by molar-refractivity contribution is 5.99. The van der Waals surface area contributed by atoms with Gasteiger partial charge in [0.25, 0.3) is 11.8 Å². The smallest absolute Gasteiger partial charge is 0.254 e. The van der Waals surface area contributed by atoms with Crippen molar-refractivity contribution in [3.63, 3.8) is 0 Å². The maximum absolute atomic E-state index is 12.5. The number of nitrogens with two attached hydrogens (primary N) is 1. The summed E-state index contributed by atoms with van der Waals surface area (Å²) >= 11 is 0. The molecule has 0 bridgehead atoms. The first-order chi connectivity index (χ1) is 9.54. The van der Waals surface area contributed by atoms with Crippen LogP contribution in [0.5, 0.6) is 0 Å². The summed E-state index contributed by atoms with van der Waals surface area (Å²) in [6, 6.07) is 7.01. The standard InChI is InChI=1S/C15H21N3O2.ClH/c1-17(2)14(19)11-5-3-6-12(9-11)15(20)18-8-4-7-13(18)10-16;/h3,5-6,9,13H,4,7-8,10,16H2,1-2H3;1H. The summed E-state index contributed by atoms with van der Waals surface area (Å²) in [6.45, 7) is 1.23. The van der Waals surface area contributed by atoms with Gasteiger partial charge in [-0.25, -0.2) is 0 Å². The quantitative estimate of drug-likeness (QED) is 0.917. The molecular weight excluding hydrogens is 290 g/mol. The van der Waals surface area contributed by atoms with Crippen LogP contribution < -0.4 is 5.73 Å². The molecule has 0 aromatic heterocycles. The number of likely N-dealkylation sites (tertiary alicyclic amines) is 1. The highest BCUT2D eigenvalue weighted by Crippen LogP contribution is 2.20. The summed E-state index contributed by atoms with van der Waals surface area (Å²) in [4.78, 5) is 27.8. The van der Waals surface area contributed by atoms with Crippen molar-refractivity contribution in [2.24, 2.45) is 5.73 Å². The average molecular weight is 312 g/mol. The zero-order chi connectivity index (χ0) is 14.7. The SMILES string of the molecule is CN(C)C(=O)c1cccc(C(=O)N2CCCC2CN)c1.Cl. The van der Waals surface area contributed by atoms with E-state index in [4.69, 9.17) is 5.73 Å².